The molecule has 1 N–H and O–H groups in total. The highest BCUT2D eigenvalue weighted by molar-refractivity contribution is 7.99. The second-order valence-electron chi connectivity index (χ2n) is 5.62. The molecule has 0 atom stereocenters. The van der Waals surface area contributed by atoms with Crippen molar-refractivity contribution < 1.29 is 4.79 Å². The van der Waals surface area contributed by atoms with Crippen molar-refractivity contribution in [1.29, 1.82) is 0 Å². The van der Waals surface area contributed by atoms with Gasteiger partial charge in [-0.1, -0.05) is 71.4 Å². The van der Waals surface area contributed by atoms with Crippen molar-refractivity contribution in [3.8, 4) is 11.4 Å². The summed E-state index contributed by atoms with van der Waals surface area (Å²) in [5.74, 6) is 0.702. The largest absolute Gasteiger partial charge is 0.323 e. The minimum atomic E-state index is -0.214. The number of carbonyl (C=O) groups excluding carboxylic acids is 1. The zero-order valence-electron chi connectivity index (χ0n) is 14.2. The number of halogens is 2. The molecule has 0 aliphatic carbocycles. The van der Waals surface area contributed by atoms with Crippen LogP contribution in [-0.4, -0.2) is 26.4 Å². The normalized spacial score (nSPS) is 10.8. The van der Waals surface area contributed by atoms with Gasteiger partial charge in [0.2, 0.25) is 5.91 Å². The summed E-state index contributed by atoms with van der Waals surface area (Å²) in [5.41, 5.74) is 2.25. The van der Waals surface area contributed by atoms with Gasteiger partial charge in [-0.15, -0.1) is 10.2 Å². The summed E-state index contributed by atoms with van der Waals surface area (Å²) in [6, 6.07) is 13.3. The highest BCUT2D eigenvalue weighted by atomic mass is 35.5. The van der Waals surface area contributed by atoms with E-state index in [0.29, 0.717) is 20.9 Å². The predicted octanol–water partition coefficient (Wildman–Crippen LogP) is 4.83. The summed E-state index contributed by atoms with van der Waals surface area (Å²) in [4.78, 5) is 12.3. The van der Waals surface area contributed by atoms with Crippen LogP contribution in [0.4, 0.5) is 5.69 Å². The molecule has 3 aromatic rings. The number of hydrogen-bond donors (Lipinski definition) is 1. The zero-order valence-corrected chi connectivity index (χ0v) is 16.5. The molecular formula is C18H16Cl2N4OS. The number of aromatic nitrogens is 3. The highest BCUT2D eigenvalue weighted by Crippen LogP contribution is 2.33. The summed E-state index contributed by atoms with van der Waals surface area (Å²) in [7, 11) is 1.87. The van der Waals surface area contributed by atoms with Crippen molar-refractivity contribution in [3.05, 3.63) is 58.1 Å². The van der Waals surface area contributed by atoms with Gasteiger partial charge < -0.3 is 9.88 Å². The average molecular weight is 407 g/mol. The van der Waals surface area contributed by atoms with E-state index < -0.39 is 0 Å². The van der Waals surface area contributed by atoms with Crippen LogP contribution in [0, 0.1) is 6.92 Å². The van der Waals surface area contributed by atoms with Gasteiger partial charge in [0.15, 0.2) is 11.0 Å². The van der Waals surface area contributed by atoms with Crippen LogP contribution in [0.2, 0.25) is 10.0 Å². The molecule has 0 bridgehead atoms. The molecular weight excluding hydrogens is 391 g/mol. The molecule has 3 rings (SSSR count). The number of carbonyl (C=O) groups is 1. The van der Waals surface area contributed by atoms with Gasteiger partial charge in [-0.2, -0.15) is 0 Å². The van der Waals surface area contributed by atoms with Gasteiger partial charge in [-0.05, 0) is 18.6 Å². The van der Waals surface area contributed by atoms with Gasteiger partial charge in [-0.3, -0.25) is 4.79 Å². The van der Waals surface area contributed by atoms with Crippen LogP contribution in [0.1, 0.15) is 5.56 Å². The highest BCUT2D eigenvalue weighted by Gasteiger charge is 2.15. The lowest BCUT2D eigenvalue weighted by atomic mass is 10.2. The van der Waals surface area contributed by atoms with Crippen LogP contribution in [0.25, 0.3) is 11.4 Å². The molecule has 134 valence electrons. The first kappa shape index (κ1) is 18.8. The van der Waals surface area contributed by atoms with Crippen LogP contribution in [0.15, 0.2) is 47.6 Å². The van der Waals surface area contributed by atoms with Gasteiger partial charge in [0.1, 0.15) is 0 Å². The van der Waals surface area contributed by atoms with Crippen molar-refractivity contribution >= 4 is 46.6 Å². The molecule has 2 aromatic carbocycles. The number of benzene rings is 2. The van der Waals surface area contributed by atoms with E-state index in [0.717, 1.165) is 17.0 Å². The van der Waals surface area contributed by atoms with Crippen LogP contribution in [-0.2, 0) is 11.8 Å². The third-order valence-electron chi connectivity index (χ3n) is 3.75. The first-order valence-corrected chi connectivity index (χ1v) is 9.53. The lowest BCUT2D eigenvalue weighted by Crippen LogP contribution is -2.15. The van der Waals surface area contributed by atoms with E-state index in [2.05, 4.69) is 15.5 Å². The standard InChI is InChI=1S/C18H16Cl2N4OS/c1-11-8-9-13(19)16(15(11)20)21-14(25)10-26-18-23-22-17(24(18)2)12-6-4-3-5-7-12/h3-9H,10H2,1-2H3,(H,21,25). The molecule has 0 saturated heterocycles. The second-order valence-corrected chi connectivity index (χ2v) is 7.35. The molecule has 0 unspecified atom stereocenters. The Kier molecular flexibility index (Phi) is 5.86. The number of anilines is 1. The summed E-state index contributed by atoms with van der Waals surface area (Å²) in [5, 5.41) is 12.6. The van der Waals surface area contributed by atoms with E-state index in [4.69, 9.17) is 23.2 Å². The SMILES string of the molecule is Cc1ccc(Cl)c(NC(=O)CSc2nnc(-c3ccccc3)n2C)c1Cl. The quantitative estimate of drug-likeness (QED) is 0.616. The Labute approximate surface area is 165 Å². The van der Waals surface area contributed by atoms with E-state index >= 15 is 0 Å². The van der Waals surface area contributed by atoms with Gasteiger partial charge in [0.05, 0.1) is 21.5 Å². The van der Waals surface area contributed by atoms with E-state index in [9.17, 15) is 4.79 Å². The number of nitrogens with one attached hydrogen (secondary N) is 1. The Morgan fingerprint density at radius 1 is 1.15 bits per heavy atom. The Morgan fingerprint density at radius 3 is 2.62 bits per heavy atom. The second kappa shape index (κ2) is 8.12. The Morgan fingerprint density at radius 2 is 1.88 bits per heavy atom. The molecule has 0 spiro atoms. The maximum absolute atomic E-state index is 12.3. The number of nitrogens with zero attached hydrogens (tertiary/aromatic N) is 3. The molecule has 1 heterocycles. The summed E-state index contributed by atoms with van der Waals surface area (Å²) < 4.78 is 1.86. The van der Waals surface area contributed by atoms with Gasteiger partial charge in [0.25, 0.3) is 0 Å². The number of rotatable bonds is 5. The van der Waals surface area contributed by atoms with Crippen molar-refractivity contribution in [3.63, 3.8) is 0 Å². The molecule has 1 aromatic heterocycles. The number of amides is 1. The third-order valence-corrected chi connectivity index (χ3v) is 5.57. The summed E-state index contributed by atoms with van der Waals surface area (Å²) >= 11 is 13.6. The molecule has 0 aliphatic heterocycles. The molecule has 8 heteroatoms. The Bertz CT molecular complexity index is 944. The predicted molar refractivity (Wildman–Crippen MR) is 107 cm³/mol. The molecule has 1 amide bonds. The Balaban J connectivity index is 1.68. The van der Waals surface area contributed by atoms with Crippen molar-refractivity contribution in [2.75, 3.05) is 11.1 Å². The number of hydrogen-bond acceptors (Lipinski definition) is 4. The molecule has 5 nitrogen and oxygen atoms in total. The fraction of sp³-hybridized carbons (Fsp3) is 0.167. The Hall–Kier alpha value is -2.02. The number of aryl methyl sites for hydroxylation is 1. The first-order valence-electron chi connectivity index (χ1n) is 7.79. The van der Waals surface area contributed by atoms with E-state index in [1.807, 2.05) is 48.9 Å². The van der Waals surface area contributed by atoms with Crippen molar-refractivity contribution in [2.45, 2.75) is 12.1 Å². The topological polar surface area (TPSA) is 59.8 Å². The zero-order chi connectivity index (χ0) is 18.7. The van der Waals surface area contributed by atoms with Gasteiger partial charge >= 0.3 is 0 Å². The first-order chi connectivity index (χ1) is 12.5. The van der Waals surface area contributed by atoms with Crippen LogP contribution in [0.3, 0.4) is 0 Å². The minimum absolute atomic E-state index is 0.168. The monoisotopic (exact) mass is 406 g/mol. The summed E-state index contributed by atoms with van der Waals surface area (Å²) in [6.45, 7) is 1.85. The molecule has 0 saturated carbocycles. The van der Waals surface area contributed by atoms with Gasteiger partial charge in [-0.25, -0.2) is 0 Å². The maximum atomic E-state index is 12.3. The third kappa shape index (κ3) is 4.03. The van der Waals surface area contributed by atoms with Gasteiger partial charge in [0, 0.05) is 12.6 Å². The van der Waals surface area contributed by atoms with E-state index in [1.54, 1.807) is 12.1 Å². The van der Waals surface area contributed by atoms with Crippen LogP contribution < -0.4 is 5.32 Å². The van der Waals surface area contributed by atoms with Crippen LogP contribution in [0.5, 0.6) is 0 Å². The minimum Gasteiger partial charge on any atom is -0.323 e. The fourth-order valence-electron chi connectivity index (χ4n) is 2.36. The van der Waals surface area contributed by atoms with Crippen molar-refractivity contribution in [2.24, 2.45) is 7.05 Å². The van der Waals surface area contributed by atoms with E-state index in [1.165, 1.54) is 11.8 Å². The fourth-order valence-corrected chi connectivity index (χ4v) is 3.53. The number of thioether (sulfide) groups is 1. The molecule has 0 radical (unpaired) electrons. The smallest absolute Gasteiger partial charge is 0.234 e. The molecule has 0 aliphatic rings. The summed E-state index contributed by atoms with van der Waals surface area (Å²) in [6.07, 6.45) is 0. The molecule has 0 fully saturated rings. The lowest BCUT2D eigenvalue weighted by molar-refractivity contribution is -0.113. The van der Waals surface area contributed by atoms with E-state index in [-0.39, 0.29) is 11.7 Å². The van der Waals surface area contributed by atoms with Crippen LogP contribution >= 0.6 is 35.0 Å². The average Bonchev–Trinajstić information content (AvgIpc) is 3.01. The maximum Gasteiger partial charge on any atom is 0.234 e. The molecule has 26 heavy (non-hydrogen) atoms. The lowest BCUT2D eigenvalue weighted by Gasteiger charge is -2.11. The van der Waals surface area contributed by atoms with Crippen molar-refractivity contribution in [1.82, 2.24) is 14.8 Å².